The summed E-state index contributed by atoms with van der Waals surface area (Å²) >= 11 is 0. The van der Waals surface area contributed by atoms with Crippen molar-refractivity contribution in [1.29, 1.82) is 0 Å². The van der Waals surface area contributed by atoms with Crippen LogP contribution in [0.3, 0.4) is 0 Å². The van der Waals surface area contributed by atoms with Gasteiger partial charge < -0.3 is 5.11 Å². The molecule has 0 amide bonds. The quantitative estimate of drug-likeness (QED) is 0.781. The molecule has 0 saturated carbocycles. The molecule has 24 heavy (non-hydrogen) atoms. The molecule has 0 aliphatic rings. The van der Waals surface area contributed by atoms with Gasteiger partial charge in [-0.3, -0.25) is 18.8 Å². The van der Waals surface area contributed by atoms with Crippen molar-refractivity contribution in [2.45, 2.75) is 33.4 Å². The number of nitrogens with zero attached hydrogens (tertiary/aromatic N) is 3. The maximum Gasteiger partial charge on any atom is 0.305 e. The number of benzene rings is 1. The van der Waals surface area contributed by atoms with Gasteiger partial charge in [0.25, 0.3) is 5.56 Å². The van der Waals surface area contributed by atoms with Gasteiger partial charge in [-0.25, -0.2) is 0 Å². The van der Waals surface area contributed by atoms with E-state index in [0.717, 1.165) is 22.2 Å². The van der Waals surface area contributed by atoms with Gasteiger partial charge in [0.15, 0.2) is 5.65 Å². The van der Waals surface area contributed by atoms with Gasteiger partial charge in [-0.2, -0.15) is 5.10 Å². The fourth-order valence-corrected chi connectivity index (χ4v) is 2.95. The number of aryl methyl sites for hydroxylation is 3. The van der Waals surface area contributed by atoms with Crippen LogP contribution in [-0.4, -0.2) is 25.4 Å². The molecule has 2 heterocycles. The van der Waals surface area contributed by atoms with Crippen LogP contribution >= 0.6 is 0 Å². The third-order valence-electron chi connectivity index (χ3n) is 4.17. The van der Waals surface area contributed by atoms with E-state index in [-0.39, 0.29) is 18.5 Å². The van der Waals surface area contributed by atoms with Gasteiger partial charge in [-0.1, -0.05) is 30.3 Å². The molecule has 0 aliphatic heterocycles. The zero-order valence-corrected chi connectivity index (χ0v) is 13.7. The molecule has 0 bridgehead atoms. The fraction of sp³-hybridized carbons (Fsp3) is 0.278. The number of aromatic nitrogens is 3. The minimum absolute atomic E-state index is 0.108. The second-order valence-corrected chi connectivity index (χ2v) is 5.89. The van der Waals surface area contributed by atoms with Crippen LogP contribution in [0, 0.1) is 13.8 Å². The van der Waals surface area contributed by atoms with Gasteiger partial charge in [0.2, 0.25) is 0 Å². The first kappa shape index (κ1) is 16.0. The Morgan fingerprint density at radius 3 is 2.58 bits per heavy atom. The van der Waals surface area contributed by atoms with Crippen LogP contribution in [0.15, 0.2) is 41.2 Å². The average Bonchev–Trinajstić information content (AvgIpc) is 2.85. The highest BCUT2D eigenvalue weighted by Gasteiger charge is 2.16. The summed E-state index contributed by atoms with van der Waals surface area (Å²) in [5.41, 5.74) is 3.28. The van der Waals surface area contributed by atoms with Crippen molar-refractivity contribution in [3.63, 3.8) is 0 Å². The third-order valence-corrected chi connectivity index (χ3v) is 4.17. The smallest absolute Gasteiger partial charge is 0.305 e. The van der Waals surface area contributed by atoms with E-state index in [0.29, 0.717) is 12.2 Å². The van der Waals surface area contributed by atoms with Gasteiger partial charge in [0.05, 0.1) is 13.0 Å². The number of hydrogen-bond acceptors (Lipinski definition) is 3. The van der Waals surface area contributed by atoms with E-state index in [1.807, 2.05) is 48.9 Å². The number of fused-ring (bicyclic) bond motifs is 1. The van der Waals surface area contributed by atoms with Crippen molar-refractivity contribution in [2.75, 3.05) is 0 Å². The highest BCUT2D eigenvalue weighted by atomic mass is 16.4. The Morgan fingerprint density at radius 2 is 1.92 bits per heavy atom. The first-order valence-electron chi connectivity index (χ1n) is 7.80. The first-order valence-corrected chi connectivity index (χ1v) is 7.80. The molecular formula is C18H19N3O3. The Morgan fingerprint density at radius 1 is 1.21 bits per heavy atom. The summed E-state index contributed by atoms with van der Waals surface area (Å²) in [5.74, 6) is -0.934. The SMILES string of the molecule is Cc1cc(=O)n(CCC(=O)O)c2nn(Cc3ccccc3)c(C)c12. The summed E-state index contributed by atoms with van der Waals surface area (Å²) in [6.07, 6.45) is -0.108. The van der Waals surface area contributed by atoms with E-state index in [1.54, 1.807) is 6.07 Å². The van der Waals surface area contributed by atoms with Gasteiger partial charge in [0.1, 0.15) is 0 Å². The molecule has 0 atom stereocenters. The lowest BCUT2D eigenvalue weighted by molar-refractivity contribution is -0.137. The lowest BCUT2D eigenvalue weighted by Gasteiger charge is -2.06. The van der Waals surface area contributed by atoms with Crippen molar-refractivity contribution in [1.82, 2.24) is 14.3 Å². The van der Waals surface area contributed by atoms with E-state index >= 15 is 0 Å². The minimum Gasteiger partial charge on any atom is -0.481 e. The molecule has 0 unspecified atom stereocenters. The fourth-order valence-electron chi connectivity index (χ4n) is 2.95. The average molecular weight is 325 g/mol. The summed E-state index contributed by atoms with van der Waals surface area (Å²) < 4.78 is 3.31. The van der Waals surface area contributed by atoms with E-state index in [4.69, 9.17) is 5.11 Å². The second-order valence-electron chi connectivity index (χ2n) is 5.89. The zero-order valence-electron chi connectivity index (χ0n) is 13.7. The molecule has 1 aromatic carbocycles. The number of pyridine rings is 1. The van der Waals surface area contributed by atoms with Crippen molar-refractivity contribution in [2.24, 2.45) is 0 Å². The van der Waals surface area contributed by atoms with Gasteiger partial charge in [-0.05, 0) is 25.0 Å². The number of hydrogen-bond donors (Lipinski definition) is 1. The van der Waals surface area contributed by atoms with Gasteiger partial charge in [-0.15, -0.1) is 0 Å². The maximum absolute atomic E-state index is 12.3. The van der Waals surface area contributed by atoms with Crippen LogP contribution in [0.4, 0.5) is 0 Å². The van der Waals surface area contributed by atoms with Crippen LogP contribution in [-0.2, 0) is 17.9 Å². The van der Waals surface area contributed by atoms with Crippen LogP contribution in [0.25, 0.3) is 11.0 Å². The molecule has 6 nitrogen and oxygen atoms in total. The number of carbonyl (C=O) groups is 1. The second kappa shape index (κ2) is 6.31. The number of carboxylic acids is 1. The molecule has 3 rings (SSSR count). The van der Waals surface area contributed by atoms with Gasteiger partial charge >= 0.3 is 5.97 Å². The Hall–Kier alpha value is -2.89. The topological polar surface area (TPSA) is 77.1 Å². The third kappa shape index (κ3) is 2.95. The molecule has 0 radical (unpaired) electrons. The predicted octanol–water partition coefficient (Wildman–Crippen LogP) is 2.34. The van der Waals surface area contributed by atoms with Crippen LogP contribution in [0.5, 0.6) is 0 Å². The summed E-state index contributed by atoms with van der Waals surface area (Å²) in [7, 11) is 0. The Balaban J connectivity index is 2.11. The normalized spacial score (nSPS) is 11.1. The Kier molecular flexibility index (Phi) is 4.20. The summed E-state index contributed by atoms with van der Waals surface area (Å²) in [6, 6.07) is 11.5. The molecule has 0 aliphatic carbocycles. The molecule has 3 aromatic rings. The summed E-state index contributed by atoms with van der Waals surface area (Å²) in [5, 5.41) is 14.4. The highest BCUT2D eigenvalue weighted by Crippen LogP contribution is 2.21. The molecule has 1 N–H and O–H groups in total. The number of rotatable bonds is 5. The van der Waals surface area contributed by atoms with Gasteiger partial charge in [0, 0.05) is 23.7 Å². The Bertz CT molecular complexity index is 955. The Labute approximate surface area is 139 Å². The minimum atomic E-state index is -0.934. The largest absolute Gasteiger partial charge is 0.481 e. The maximum atomic E-state index is 12.3. The van der Waals surface area contributed by atoms with Crippen LogP contribution in [0.1, 0.15) is 23.2 Å². The molecule has 124 valence electrons. The van der Waals surface area contributed by atoms with E-state index < -0.39 is 5.97 Å². The van der Waals surface area contributed by atoms with Crippen molar-refractivity contribution in [3.8, 4) is 0 Å². The highest BCUT2D eigenvalue weighted by molar-refractivity contribution is 5.82. The molecule has 0 fully saturated rings. The monoisotopic (exact) mass is 325 g/mol. The van der Waals surface area contributed by atoms with Crippen LogP contribution < -0.4 is 5.56 Å². The van der Waals surface area contributed by atoms with Crippen molar-refractivity contribution >= 4 is 17.0 Å². The summed E-state index contributed by atoms with van der Waals surface area (Å²) in [6.45, 7) is 4.57. The molecular weight excluding hydrogens is 306 g/mol. The predicted molar refractivity (Wildman–Crippen MR) is 91.3 cm³/mol. The van der Waals surface area contributed by atoms with E-state index in [9.17, 15) is 9.59 Å². The lowest BCUT2D eigenvalue weighted by Crippen LogP contribution is -2.22. The number of carboxylic acid groups (broad SMARTS) is 1. The molecule has 6 heteroatoms. The van der Waals surface area contributed by atoms with E-state index in [1.165, 1.54) is 4.57 Å². The molecule has 0 spiro atoms. The standard InChI is InChI=1S/C18H19N3O3/c1-12-10-15(22)20(9-8-16(23)24)18-17(12)13(2)21(19-18)11-14-6-4-3-5-7-14/h3-7,10H,8-9,11H2,1-2H3,(H,23,24). The molecule has 2 aromatic heterocycles. The van der Waals surface area contributed by atoms with Crippen LogP contribution in [0.2, 0.25) is 0 Å². The zero-order chi connectivity index (χ0) is 17.3. The lowest BCUT2D eigenvalue weighted by atomic mass is 10.1. The first-order chi connectivity index (χ1) is 11.5. The summed E-state index contributed by atoms with van der Waals surface area (Å²) in [4.78, 5) is 23.1. The number of aliphatic carboxylic acids is 1. The van der Waals surface area contributed by atoms with Crippen molar-refractivity contribution in [3.05, 3.63) is 63.6 Å². The van der Waals surface area contributed by atoms with E-state index in [2.05, 4.69) is 5.10 Å². The molecule has 0 saturated heterocycles. The van der Waals surface area contributed by atoms with Crippen molar-refractivity contribution < 1.29 is 9.90 Å².